The molecule has 0 saturated carbocycles. The largest absolute Gasteiger partial charge is 0.481 e. The normalized spacial score (nSPS) is 12.6. The van der Waals surface area contributed by atoms with Crippen molar-refractivity contribution in [1.29, 1.82) is 0 Å². The van der Waals surface area contributed by atoms with E-state index in [2.05, 4.69) is 79.8 Å². The number of hydrogen-bond donors (Lipinski definition) is 1. The monoisotopic (exact) mass is 552 g/mol. The second-order valence-electron chi connectivity index (χ2n) is 11.0. The first-order valence-corrected chi connectivity index (χ1v) is 16.9. The van der Waals surface area contributed by atoms with Crippen molar-refractivity contribution in [2.75, 3.05) is 0 Å². The highest BCUT2D eigenvalue weighted by Crippen LogP contribution is 2.14. The van der Waals surface area contributed by atoms with Crippen LogP contribution in [0.1, 0.15) is 161 Å². The van der Waals surface area contributed by atoms with Crippen molar-refractivity contribution in [3.8, 4) is 0 Å². The molecule has 40 heavy (non-hydrogen) atoms. The second-order valence-corrected chi connectivity index (χ2v) is 11.0. The van der Waals surface area contributed by atoms with Gasteiger partial charge in [-0.05, 0) is 57.8 Å². The van der Waals surface area contributed by atoms with Gasteiger partial charge < -0.3 is 5.11 Å². The fourth-order valence-electron chi connectivity index (χ4n) is 4.65. The highest BCUT2D eigenvalue weighted by Gasteiger charge is 1.97. The molecule has 0 aliphatic rings. The van der Waals surface area contributed by atoms with Crippen LogP contribution in [-0.4, -0.2) is 11.1 Å². The zero-order valence-electron chi connectivity index (χ0n) is 26.3. The maximum atomic E-state index is 10.5. The molecule has 0 rings (SSSR count). The van der Waals surface area contributed by atoms with Gasteiger partial charge in [0, 0.05) is 6.42 Å². The molecule has 1 N–H and O–H groups in total. The Morgan fingerprint density at radius 3 is 1.00 bits per heavy atom. The van der Waals surface area contributed by atoms with Gasteiger partial charge in [0.1, 0.15) is 0 Å². The molecule has 0 aromatic carbocycles. The summed E-state index contributed by atoms with van der Waals surface area (Å²) in [4.78, 5) is 10.5. The molecule has 0 fully saturated rings. The van der Waals surface area contributed by atoms with E-state index in [4.69, 9.17) is 5.11 Å². The average molecular weight is 553 g/mol. The van der Waals surface area contributed by atoms with Gasteiger partial charge in [0.25, 0.3) is 0 Å². The predicted octanol–water partition coefficient (Wildman–Crippen LogP) is 12.8. The van der Waals surface area contributed by atoms with Crippen LogP contribution in [0.25, 0.3) is 0 Å². The Hall–Kier alpha value is -2.09. The molecule has 0 aromatic heterocycles. The van der Waals surface area contributed by atoms with E-state index >= 15 is 0 Å². The highest BCUT2D eigenvalue weighted by molar-refractivity contribution is 5.66. The molecule has 0 aromatic rings. The molecule has 2 nitrogen and oxygen atoms in total. The maximum absolute atomic E-state index is 10.5. The van der Waals surface area contributed by atoms with E-state index in [0.29, 0.717) is 6.42 Å². The van der Waals surface area contributed by atoms with Crippen LogP contribution in [0.5, 0.6) is 0 Å². The Kier molecular flexibility index (Phi) is 33.1. The fourth-order valence-corrected chi connectivity index (χ4v) is 4.65. The molecule has 0 aliphatic heterocycles. The summed E-state index contributed by atoms with van der Waals surface area (Å²) in [5.41, 5.74) is 0. The van der Waals surface area contributed by atoms with Crippen molar-refractivity contribution in [3.63, 3.8) is 0 Å². The molecular formula is C38H64O2. The molecular weight excluding hydrogens is 488 g/mol. The lowest BCUT2D eigenvalue weighted by Gasteiger charge is -2.03. The standard InChI is InChI=1S/C38H64O2/c1-2-3-4-5-6-7-8-9-10-11-12-13-14-15-16-17-18-19-20-21-22-23-24-25-26-27-28-29-30-31-32-33-34-35-36-37-38(39)40/h3-4,6-7,9-10,12-13,15-16,18-19H,2,5,8,11,14,17,20-37H2,1H3,(H,39,40). The Balaban J connectivity index is 3.29. The number of carboxylic acid groups (broad SMARTS) is 1. The molecule has 228 valence electrons. The topological polar surface area (TPSA) is 37.3 Å². The van der Waals surface area contributed by atoms with E-state index in [-0.39, 0.29) is 0 Å². The number of carbonyl (C=O) groups is 1. The smallest absolute Gasteiger partial charge is 0.303 e. The Morgan fingerprint density at radius 1 is 0.400 bits per heavy atom. The first-order chi connectivity index (χ1) is 19.8. The Labute approximate surface area is 249 Å². The van der Waals surface area contributed by atoms with Crippen LogP contribution in [0.3, 0.4) is 0 Å². The molecule has 2 heteroatoms. The van der Waals surface area contributed by atoms with E-state index in [9.17, 15) is 4.79 Å². The molecule has 0 saturated heterocycles. The lowest BCUT2D eigenvalue weighted by atomic mass is 10.0. The summed E-state index contributed by atoms with van der Waals surface area (Å²) >= 11 is 0. The minimum atomic E-state index is -0.656. The molecule has 0 radical (unpaired) electrons. The second kappa shape index (κ2) is 34.9. The van der Waals surface area contributed by atoms with Gasteiger partial charge in [-0.2, -0.15) is 0 Å². The third-order valence-electron chi connectivity index (χ3n) is 7.11. The van der Waals surface area contributed by atoms with Crippen LogP contribution in [0.15, 0.2) is 72.9 Å². The number of carboxylic acids is 1. The quantitative estimate of drug-likeness (QED) is 0.0710. The van der Waals surface area contributed by atoms with Crippen molar-refractivity contribution in [1.82, 2.24) is 0 Å². The fraction of sp³-hybridized carbons (Fsp3) is 0.658. The van der Waals surface area contributed by atoms with Gasteiger partial charge in [-0.15, -0.1) is 0 Å². The number of rotatable bonds is 30. The highest BCUT2D eigenvalue weighted by atomic mass is 16.4. The van der Waals surface area contributed by atoms with Crippen molar-refractivity contribution < 1.29 is 9.90 Å². The lowest BCUT2D eigenvalue weighted by Crippen LogP contribution is -1.93. The van der Waals surface area contributed by atoms with Gasteiger partial charge >= 0.3 is 5.97 Å². The predicted molar refractivity (Wildman–Crippen MR) is 179 cm³/mol. The molecule has 0 aliphatic carbocycles. The van der Waals surface area contributed by atoms with Gasteiger partial charge in [0.2, 0.25) is 0 Å². The summed E-state index contributed by atoms with van der Waals surface area (Å²) in [5, 5.41) is 8.63. The Bertz CT molecular complexity index is 692. The molecule has 0 bridgehead atoms. The van der Waals surface area contributed by atoms with Crippen LogP contribution in [-0.2, 0) is 4.79 Å². The summed E-state index contributed by atoms with van der Waals surface area (Å²) < 4.78 is 0. The van der Waals surface area contributed by atoms with Gasteiger partial charge in [0.15, 0.2) is 0 Å². The number of unbranched alkanes of at least 4 members (excludes halogenated alkanes) is 16. The summed E-state index contributed by atoms with van der Waals surface area (Å²) in [6.07, 6.45) is 56.1. The molecule has 0 spiro atoms. The van der Waals surface area contributed by atoms with E-state index in [1.54, 1.807) is 0 Å². The summed E-state index contributed by atoms with van der Waals surface area (Å²) in [5.74, 6) is -0.656. The third kappa shape index (κ3) is 35.9. The van der Waals surface area contributed by atoms with Crippen molar-refractivity contribution in [2.24, 2.45) is 0 Å². The molecule has 0 atom stereocenters. The van der Waals surface area contributed by atoms with Crippen LogP contribution in [0, 0.1) is 0 Å². The van der Waals surface area contributed by atoms with Crippen LogP contribution in [0.2, 0.25) is 0 Å². The van der Waals surface area contributed by atoms with Crippen LogP contribution in [0.4, 0.5) is 0 Å². The van der Waals surface area contributed by atoms with Gasteiger partial charge in [-0.3, -0.25) is 4.79 Å². The first kappa shape index (κ1) is 37.9. The first-order valence-electron chi connectivity index (χ1n) is 16.9. The summed E-state index contributed by atoms with van der Waals surface area (Å²) in [7, 11) is 0. The van der Waals surface area contributed by atoms with Crippen molar-refractivity contribution in [2.45, 2.75) is 161 Å². The average Bonchev–Trinajstić information content (AvgIpc) is 2.95. The zero-order valence-corrected chi connectivity index (χ0v) is 26.3. The van der Waals surface area contributed by atoms with Crippen molar-refractivity contribution >= 4 is 5.97 Å². The van der Waals surface area contributed by atoms with E-state index in [1.807, 2.05) is 0 Å². The van der Waals surface area contributed by atoms with Crippen molar-refractivity contribution in [3.05, 3.63) is 72.9 Å². The number of aliphatic carboxylic acids is 1. The van der Waals surface area contributed by atoms with Gasteiger partial charge in [-0.25, -0.2) is 0 Å². The van der Waals surface area contributed by atoms with E-state index in [1.165, 1.54) is 96.3 Å². The summed E-state index contributed by atoms with van der Waals surface area (Å²) in [6.45, 7) is 2.17. The summed E-state index contributed by atoms with van der Waals surface area (Å²) in [6, 6.07) is 0. The van der Waals surface area contributed by atoms with E-state index in [0.717, 1.165) is 51.4 Å². The number of allylic oxidation sites excluding steroid dienone is 12. The molecule has 0 heterocycles. The molecule has 0 amide bonds. The lowest BCUT2D eigenvalue weighted by molar-refractivity contribution is -0.137. The van der Waals surface area contributed by atoms with E-state index < -0.39 is 5.97 Å². The van der Waals surface area contributed by atoms with Gasteiger partial charge in [-0.1, -0.05) is 170 Å². The third-order valence-corrected chi connectivity index (χ3v) is 7.11. The SMILES string of the molecule is CCC=CCC=CCC=CCC=CCC=CCC=CCCCCCCCCCCCCCCCCCCC(=O)O. The minimum absolute atomic E-state index is 0.338. The Morgan fingerprint density at radius 2 is 0.675 bits per heavy atom. The van der Waals surface area contributed by atoms with Gasteiger partial charge in [0.05, 0.1) is 0 Å². The maximum Gasteiger partial charge on any atom is 0.303 e. The molecule has 0 unspecified atom stereocenters. The number of hydrogen-bond acceptors (Lipinski definition) is 1. The van der Waals surface area contributed by atoms with Crippen LogP contribution < -0.4 is 0 Å². The van der Waals surface area contributed by atoms with Crippen LogP contribution >= 0.6 is 0 Å². The zero-order chi connectivity index (χ0) is 29.0. The minimum Gasteiger partial charge on any atom is -0.481 e.